The van der Waals surface area contributed by atoms with Crippen LogP contribution in [0.3, 0.4) is 0 Å². The predicted molar refractivity (Wildman–Crippen MR) is 150 cm³/mol. The second-order valence-corrected chi connectivity index (χ2v) is 9.30. The number of nitrogens with one attached hydrogen (secondary N) is 2. The van der Waals surface area contributed by atoms with Crippen LogP contribution in [0.1, 0.15) is 35.8 Å². The van der Waals surface area contributed by atoms with Crippen LogP contribution in [-0.4, -0.2) is 29.5 Å². The molecule has 0 saturated heterocycles. The zero-order valence-corrected chi connectivity index (χ0v) is 22.5. The lowest BCUT2D eigenvalue weighted by Gasteiger charge is -2.18. The van der Waals surface area contributed by atoms with E-state index in [4.69, 9.17) is 27.9 Å². The summed E-state index contributed by atoms with van der Waals surface area (Å²) in [7, 11) is 0. The van der Waals surface area contributed by atoms with Crippen LogP contribution in [0.4, 0.5) is 5.69 Å². The van der Waals surface area contributed by atoms with Gasteiger partial charge in [-0.3, -0.25) is 9.59 Å². The molecule has 0 radical (unpaired) electrons. The molecule has 2 amide bonds. The van der Waals surface area contributed by atoms with Crippen LogP contribution in [0, 0.1) is 0 Å². The summed E-state index contributed by atoms with van der Waals surface area (Å²) in [5.74, 6) is -2.54. The highest BCUT2D eigenvalue weighted by Gasteiger charge is 2.20. The van der Waals surface area contributed by atoms with E-state index in [1.54, 1.807) is 6.92 Å². The van der Waals surface area contributed by atoms with E-state index in [0.717, 1.165) is 16.3 Å². The summed E-state index contributed by atoms with van der Waals surface area (Å²) in [6.07, 6.45) is 0. The molecule has 0 spiro atoms. The lowest BCUT2D eigenvalue weighted by molar-refractivity contribution is -0.152. The minimum Gasteiger partial charge on any atom is -0.507 e. The Morgan fingerprint density at radius 3 is 2.36 bits per heavy atom. The second kappa shape index (κ2) is 12.1. The molecule has 1 atom stereocenters. The van der Waals surface area contributed by atoms with Crippen molar-refractivity contribution in [3.05, 3.63) is 94.0 Å². The largest absolute Gasteiger partial charge is 0.507 e. The number of benzene rings is 4. The molecule has 0 aliphatic carbocycles. The molecule has 39 heavy (non-hydrogen) atoms. The number of ether oxygens (including phenoxy) is 2. The number of aromatic hydroxyl groups is 1. The fraction of sp³-hybridized carbons (Fsp3) is 0.138. The average molecular weight is 567 g/mol. The standard InChI is InChI=1S/C29H24Cl2N2O6/c1-3-38-29(37)28(36)33-18-13-23(30)26(24(31)14-18)39-19-11-12-25(34)22(15-19)27(35)32-16(2)20-10-6-8-17-7-4-5-9-21(17)20/h4-16,34H,3H2,1-2H3,(H,32,35)(H,33,36)/t16-/m0/s1. The third-order valence-corrected chi connectivity index (χ3v) is 6.35. The monoisotopic (exact) mass is 566 g/mol. The van der Waals surface area contributed by atoms with E-state index in [1.165, 1.54) is 30.3 Å². The Labute approximate surface area is 234 Å². The third-order valence-electron chi connectivity index (χ3n) is 5.79. The zero-order chi connectivity index (χ0) is 28.1. The molecule has 8 nitrogen and oxygen atoms in total. The maximum Gasteiger partial charge on any atom is 0.397 e. The Kier molecular flexibility index (Phi) is 8.59. The van der Waals surface area contributed by atoms with Crippen LogP contribution in [0.2, 0.25) is 10.0 Å². The molecule has 200 valence electrons. The number of halogens is 2. The van der Waals surface area contributed by atoms with Crippen molar-refractivity contribution in [1.82, 2.24) is 5.32 Å². The predicted octanol–water partition coefficient (Wildman–Crippen LogP) is 6.64. The van der Waals surface area contributed by atoms with Crippen molar-refractivity contribution in [2.24, 2.45) is 0 Å². The molecular weight excluding hydrogens is 543 g/mol. The molecule has 3 N–H and O–H groups in total. The highest BCUT2D eigenvalue weighted by molar-refractivity contribution is 6.39. The van der Waals surface area contributed by atoms with Gasteiger partial charge in [-0.05, 0) is 60.5 Å². The first-order valence-corrected chi connectivity index (χ1v) is 12.7. The number of rotatable bonds is 7. The smallest absolute Gasteiger partial charge is 0.397 e. The number of esters is 1. The van der Waals surface area contributed by atoms with Crippen molar-refractivity contribution in [2.45, 2.75) is 19.9 Å². The normalized spacial score (nSPS) is 11.5. The molecule has 0 bridgehead atoms. The molecule has 0 aliphatic rings. The van der Waals surface area contributed by atoms with Crippen LogP contribution >= 0.6 is 23.2 Å². The second-order valence-electron chi connectivity index (χ2n) is 8.49. The van der Waals surface area contributed by atoms with Crippen LogP contribution in [0.15, 0.2) is 72.8 Å². The summed E-state index contributed by atoms with van der Waals surface area (Å²) in [6, 6.07) is 20.2. The zero-order valence-electron chi connectivity index (χ0n) is 21.0. The number of phenolic OH excluding ortho intramolecular Hbond substituents is 1. The van der Waals surface area contributed by atoms with Gasteiger partial charge in [0.2, 0.25) is 0 Å². The maximum atomic E-state index is 13.1. The number of fused-ring (bicyclic) bond motifs is 1. The fourth-order valence-electron chi connectivity index (χ4n) is 3.97. The molecule has 0 unspecified atom stereocenters. The summed E-state index contributed by atoms with van der Waals surface area (Å²) >= 11 is 12.6. The van der Waals surface area contributed by atoms with Crippen LogP contribution in [0.25, 0.3) is 10.8 Å². The number of anilines is 1. The van der Waals surface area contributed by atoms with E-state index < -0.39 is 17.8 Å². The minimum atomic E-state index is -1.05. The highest BCUT2D eigenvalue weighted by Crippen LogP contribution is 2.39. The lowest BCUT2D eigenvalue weighted by atomic mass is 9.99. The minimum absolute atomic E-state index is 0.00912. The van der Waals surface area contributed by atoms with Crippen molar-refractivity contribution in [2.75, 3.05) is 11.9 Å². The van der Waals surface area contributed by atoms with E-state index in [0.29, 0.717) is 0 Å². The van der Waals surface area contributed by atoms with Gasteiger partial charge in [0.15, 0.2) is 5.75 Å². The van der Waals surface area contributed by atoms with Crippen LogP contribution in [0.5, 0.6) is 17.2 Å². The molecule has 10 heteroatoms. The van der Waals surface area contributed by atoms with Crippen molar-refractivity contribution in [3.8, 4) is 17.2 Å². The Bertz CT molecular complexity index is 1540. The molecule has 4 rings (SSSR count). The molecule has 0 aromatic heterocycles. The van der Waals surface area contributed by atoms with E-state index >= 15 is 0 Å². The number of carbonyl (C=O) groups excluding carboxylic acids is 3. The van der Waals surface area contributed by atoms with Crippen molar-refractivity contribution >= 4 is 57.4 Å². The Morgan fingerprint density at radius 2 is 1.64 bits per heavy atom. The summed E-state index contributed by atoms with van der Waals surface area (Å²) in [6.45, 7) is 3.49. The van der Waals surface area contributed by atoms with Gasteiger partial charge in [0.05, 0.1) is 28.3 Å². The summed E-state index contributed by atoms with van der Waals surface area (Å²) in [5.41, 5.74) is 1.08. The molecule has 0 aliphatic heterocycles. The number of phenols is 1. The Balaban J connectivity index is 1.52. The van der Waals surface area contributed by atoms with Crippen molar-refractivity contribution in [1.29, 1.82) is 0 Å². The van der Waals surface area contributed by atoms with Gasteiger partial charge in [0, 0.05) is 5.69 Å². The first kappa shape index (κ1) is 27.8. The number of carbonyl (C=O) groups is 3. The topological polar surface area (TPSA) is 114 Å². The third kappa shape index (κ3) is 6.42. The van der Waals surface area contributed by atoms with Gasteiger partial charge in [-0.2, -0.15) is 0 Å². The van der Waals surface area contributed by atoms with Crippen LogP contribution < -0.4 is 15.4 Å². The molecule has 0 heterocycles. The van der Waals surface area contributed by atoms with Gasteiger partial charge in [0.25, 0.3) is 5.91 Å². The van der Waals surface area contributed by atoms with Crippen molar-refractivity contribution < 1.29 is 29.0 Å². The van der Waals surface area contributed by atoms with Gasteiger partial charge in [-0.25, -0.2) is 4.79 Å². The fourth-order valence-corrected chi connectivity index (χ4v) is 4.53. The number of amides is 2. The molecule has 4 aromatic carbocycles. The van der Waals surface area contributed by atoms with E-state index in [9.17, 15) is 19.5 Å². The average Bonchev–Trinajstić information content (AvgIpc) is 2.91. The van der Waals surface area contributed by atoms with Gasteiger partial charge in [0.1, 0.15) is 11.5 Å². The van der Waals surface area contributed by atoms with Crippen LogP contribution in [-0.2, 0) is 14.3 Å². The van der Waals surface area contributed by atoms with Gasteiger partial charge >= 0.3 is 11.9 Å². The van der Waals surface area contributed by atoms with Gasteiger partial charge in [-0.1, -0.05) is 65.7 Å². The number of hydrogen-bond acceptors (Lipinski definition) is 6. The van der Waals surface area contributed by atoms with Gasteiger partial charge in [-0.15, -0.1) is 0 Å². The maximum absolute atomic E-state index is 13.1. The van der Waals surface area contributed by atoms with E-state index in [2.05, 4.69) is 15.4 Å². The number of hydrogen-bond donors (Lipinski definition) is 3. The first-order valence-electron chi connectivity index (χ1n) is 11.9. The Hall–Kier alpha value is -4.27. The van der Waals surface area contributed by atoms with E-state index in [1.807, 2.05) is 49.4 Å². The lowest BCUT2D eigenvalue weighted by Crippen LogP contribution is -2.26. The first-order chi connectivity index (χ1) is 18.7. The van der Waals surface area contributed by atoms with Gasteiger partial charge < -0.3 is 25.2 Å². The highest BCUT2D eigenvalue weighted by atomic mass is 35.5. The molecule has 0 saturated carbocycles. The Morgan fingerprint density at radius 1 is 0.949 bits per heavy atom. The molecular formula is C29H24Cl2N2O6. The SMILES string of the molecule is CCOC(=O)C(=O)Nc1cc(Cl)c(Oc2ccc(O)c(C(=O)N[C@@H](C)c3cccc4ccccc34)c2)c(Cl)c1. The van der Waals surface area contributed by atoms with Crippen molar-refractivity contribution in [3.63, 3.8) is 0 Å². The molecule has 0 fully saturated rings. The molecule has 4 aromatic rings. The summed E-state index contributed by atoms with van der Waals surface area (Å²) < 4.78 is 10.5. The summed E-state index contributed by atoms with van der Waals surface area (Å²) in [4.78, 5) is 36.6. The quantitative estimate of drug-likeness (QED) is 0.171. The van der Waals surface area contributed by atoms with E-state index in [-0.39, 0.29) is 51.2 Å². The summed E-state index contributed by atoms with van der Waals surface area (Å²) in [5, 5.41) is 17.8.